The maximum Gasteiger partial charge on any atom is 0.257 e. The summed E-state index contributed by atoms with van der Waals surface area (Å²) >= 11 is 15.4. The summed E-state index contributed by atoms with van der Waals surface area (Å²) < 4.78 is 0. The highest BCUT2D eigenvalue weighted by Crippen LogP contribution is 2.11. The van der Waals surface area contributed by atoms with Crippen molar-refractivity contribution in [1.82, 2.24) is 5.43 Å². The second-order valence-electron chi connectivity index (χ2n) is 3.15. The quantitative estimate of drug-likeness (QED) is 0.342. The lowest BCUT2D eigenvalue weighted by Gasteiger charge is -2.05. The molecule has 96 valence electrons. The maximum absolute atomic E-state index is 11.2. The molecule has 0 aliphatic carbocycles. The van der Waals surface area contributed by atoms with E-state index in [-0.39, 0.29) is 5.11 Å². The summed E-state index contributed by atoms with van der Waals surface area (Å²) in [7, 11) is 0. The summed E-state index contributed by atoms with van der Waals surface area (Å²) in [6.07, 6.45) is 1.54. The number of halogens is 2. The molecule has 1 rings (SSSR count). The Kier molecular flexibility index (Phi) is 5.84. The third-order valence-electron chi connectivity index (χ3n) is 1.76. The highest BCUT2D eigenvalue weighted by molar-refractivity contribution is 7.80. The number of nitrogens with two attached hydrogens (primary N) is 1. The maximum atomic E-state index is 11.2. The van der Waals surface area contributed by atoms with Gasteiger partial charge in [-0.05, 0) is 29.9 Å². The standard InChI is InChI=1S/C10H10Cl2N4OS/c11-8(12)9(17)15-7-3-1-6(2-4-7)5-14-16-10(13)18/h1-5,8H,(H,15,17)(H3,13,16,18). The van der Waals surface area contributed by atoms with Crippen LogP contribution in [-0.2, 0) is 4.79 Å². The van der Waals surface area contributed by atoms with Crippen LogP contribution in [0, 0.1) is 0 Å². The lowest BCUT2D eigenvalue weighted by atomic mass is 10.2. The first-order valence-corrected chi connectivity index (χ1v) is 6.05. The smallest absolute Gasteiger partial charge is 0.257 e. The van der Waals surface area contributed by atoms with Crippen molar-refractivity contribution < 1.29 is 4.79 Å². The summed E-state index contributed by atoms with van der Waals surface area (Å²) in [6.45, 7) is 0. The summed E-state index contributed by atoms with van der Waals surface area (Å²) in [6, 6.07) is 6.88. The first-order valence-electron chi connectivity index (χ1n) is 4.76. The van der Waals surface area contributed by atoms with Gasteiger partial charge >= 0.3 is 0 Å². The number of anilines is 1. The van der Waals surface area contributed by atoms with Crippen LogP contribution in [0.3, 0.4) is 0 Å². The van der Waals surface area contributed by atoms with Crippen LogP contribution in [-0.4, -0.2) is 22.1 Å². The molecule has 1 aromatic carbocycles. The summed E-state index contributed by atoms with van der Waals surface area (Å²) in [5, 5.41) is 6.42. The first kappa shape index (κ1) is 14.7. The molecule has 0 bridgehead atoms. The van der Waals surface area contributed by atoms with Gasteiger partial charge in [-0.25, -0.2) is 0 Å². The highest BCUT2D eigenvalue weighted by Gasteiger charge is 2.10. The number of thiocarbonyl (C=S) groups is 1. The zero-order valence-corrected chi connectivity index (χ0v) is 11.4. The average molecular weight is 305 g/mol. The largest absolute Gasteiger partial charge is 0.375 e. The lowest BCUT2D eigenvalue weighted by Crippen LogP contribution is -2.23. The van der Waals surface area contributed by atoms with Crippen molar-refractivity contribution >= 4 is 58.3 Å². The highest BCUT2D eigenvalue weighted by atomic mass is 35.5. The van der Waals surface area contributed by atoms with E-state index in [4.69, 9.17) is 28.9 Å². The predicted octanol–water partition coefficient (Wildman–Crippen LogP) is 1.60. The van der Waals surface area contributed by atoms with Crippen LogP contribution in [0.2, 0.25) is 0 Å². The number of rotatable bonds is 4. The van der Waals surface area contributed by atoms with Crippen molar-refractivity contribution in [2.24, 2.45) is 10.8 Å². The fraction of sp³-hybridized carbons (Fsp3) is 0.100. The van der Waals surface area contributed by atoms with Crippen LogP contribution < -0.4 is 16.5 Å². The Balaban J connectivity index is 2.60. The van der Waals surface area contributed by atoms with Gasteiger partial charge in [-0.15, -0.1) is 0 Å². The van der Waals surface area contributed by atoms with Crippen LogP contribution >= 0.6 is 35.4 Å². The summed E-state index contributed by atoms with van der Waals surface area (Å²) in [5.74, 6) is -0.477. The number of carbonyl (C=O) groups excluding carboxylic acids is 1. The molecule has 0 saturated heterocycles. The molecule has 8 heteroatoms. The van der Waals surface area contributed by atoms with E-state index in [0.29, 0.717) is 5.69 Å². The molecule has 18 heavy (non-hydrogen) atoms. The van der Waals surface area contributed by atoms with E-state index in [9.17, 15) is 4.79 Å². The van der Waals surface area contributed by atoms with Gasteiger partial charge in [0.2, 0.25) is 0 Å². The molecule has 0 saturated carbocycles. The molecule has 1 amide bonds. The minimum absolute atomic E-state index is 0.0883. The Morgan fingerprint density at radius 1 is 1.39 bits per heavy atom. The SMILES string of the molecule is NC(=S)NN=Cc1ccc(NC(=O)C(Cl)Cl)cc1. The Labute approximate surface area is 119 Å². The molecule has 0 fully saturated rings. The number of benzene rings is 1. The average Bonchev–Trinajstić information content (AvgIpc) is 2.30. The number of hydrogen-bond acceptors (Lipinski definition) is 3. The van der Waals surface area contributed by atoms with Gasteiger partial charge in [0, 0.05) is 5.69 Å². The van der Waals surface area contributed by atoms with Gasteiger partial charge in [0.1, 0.15) is 0 Å². The molecule has 1 aromatic rings. The number of alkyl halides is 2. The molecule has 5 nitrogen and oxygen atoms in total. The molecule has 0 aromatic heterocycles. The van der Waals surface area contributed by atoms with Crippen molar-refractivity contribution in [2.75, 3.05) is 5.32 Å². The van der Waals surface area contributed by atoms with Gasteiger partial charge in [-0.2, -0.15) is 5.10 Å². The summed E-state index contributed by atoms with van der Waals surface area (Å²) in [5.41, 5.74) is 9.03. The predicted molar refractivity (Wildman–Crippen MR) is 78.1 cm³/mol. The number of nitrogens with one attached hydrogen (secondary N) is 2. The van der Waals surface area contributed by atoms with Gasteiger partial charge < -0.3 is 11.1 Å². The zero-order chi connectivity index (χ0) is 13.5. The number of hydrazone groups is 1. The summed E-state index contributed by atoms with van der Waals surface area (Å²) in [4.78, 5) is 10.1. The normalized spacial score (nSPS) is 10.6. The second kappa shape index (κ2) is 7.15. The van der Waals surface area contributed by atoms with Gasteiger partial charge in [0.25, 0.3) is 5.91 Å². The van der Waals surface area contributed by atoms with Crippen molar-refractivity contribution in [1.29, 1.82) is 0 Å². The topological polar surface area (TPSA) is 79.5 Å². The third kappa shape index (κ3) is 5.31. The molecule has 0 heterocycles. The molecular weight excluding hydrogens is 295 g/mol. The van der Waals surface area contributed by atoms with Gasteiger partial charge in [0.15, 0.2) is 9.95 Å². The molecule has 4 N–H and O–H groups in total. The number of nitrogens with zero attached hydrogens (tertiary/aromatic N) is 1. The monoisotopic (exact) mass is 304 g/mol. The molecule has 0 unspecified atom stereocenters. The van der Waals surface area contributed by atoms with E-state index >= 15 is 0 Å². The number of carbonyl (C=O) groups is 1. The van der Waals surface area contributed by atoms with Crippen LogP contribution in [0.15, 0.2) is 29.4 Å². The Hall–Kier alpha value is -1.37. The van der Waals surface area contributed by atoms with E-state index in [1.165, 1.54) is 6.21 Å². The minimum atomic E-state index is -1.10. The van der Waals surface area contributed by atoms with E-state index in [0.717, 1.165) is 5.56 Å². The van der Waals surface area contributed by atoms with Gasteiger partial charge in [-0.3, -0.25) is 10.2 Å². The Bertz CT molecular complexity index is 461. The minimum Gasteiger partial charge on any atom is -0.375 e. The molecule has 0 radical (unpaired) electrons. The van der Waals surface area contributed by atoms with Crippen LogP contribution in [0.1, 0.15) is 5.56 Å². The van der Waals surface area contributed by atoms with E-state index in [1.54, 1.807) is 24.3 Å². The molecule has 0 atom stereocenters. The fourth-order valence-corrected chi connectivity index (χ4v) is 1.18. The van der Waals surface area contributed by atoms with Crippen molar-refractivity contribution in [3.05, 3.63) is 29.8 Å². The number of amides is 1. The first-order chi connectivity index (χ1) is 8.49. The molecule has 0 aliphatic heterocycles. The fourth-order valence-electron chi connectivity index (χ4n) is 1.02. The Morgan fingerprint density at radius 3 is 2.50 bits per heavy atom. The van der Waals surface area contributed by atoms with Crippen molar-refractivity contribution in [2.45, 2.75) is 4.84 Å². The van der Waals surface area contributed by atoms with Gasteiger partial charge in [0.05, 0.1) is 6.21 Å². The van der Waals surface area contributed by atoms with Crippen molar-refractivity contribution in [3.63, 3.8) is 0 Å². The lowest BCUT2D eigenvalue weighted by molar-refractivity contribution is -0.114. The second-order valence-corrected chi connectivity index (χ2v) is 4.68. The van der Waals surface area contributed by atoms with E-state index in [2.05, 4.69) is 28.1 Å². The van der Waals surface area contributed by atoms with Gasteiger partial charge in [-0.1, -0.05) is 35.3 Å². The van der Waals surface area contributed by atoms with Crippen LogP contribution in [0.5, 0.6) is 0 Å². The molecule has 0 spiro atoms. The van der Waals surface area contributed by atoms with Crippen molar-refractivity contribution in [3.8, 4) is 0 Å². The van der Waals surface area contributed by atoms with Crippen LogP contribution in [0.25, 0.3) is 0 Å². The molecular formula is C10H10Cl2N4OS. The third-order valence-corrected chi connectivity index (χ3v) is 2.25. The zero-order valence-electron chi connectivity index (χ0n) is 9.06. The number of hydrogen-bond donors (Lipinski definition) is 3. The van der Waals surface area contributed by atoms with E-state index < -0.39 is 10.7 Å². The van der Waals surface area contributed by atoms with Crippen LogP contribution in [0.4, 0.5) is 5.69 Å². The van der Waals surface area contributed by atoms with E-state index in [1.807, 2.05) is 0 Å². The Morgan fingerprint density at radius 2 is 2.00 bits per heavy atom. The molecule has 0 aliphatic rings.